The summed E-state index contributed by atoms with van der Waals surface area (Å²) in [6.45, 7) is 0. The third-order valence-electron chi connectivity index (χ3n) is 3.50. The van der Waals surface area contributed by atoms with E-state index < -0.39 is 4.92 Å². The Labute approximate surface area is 116 Å². The predicted molar refractivity (Wildman–Crippen MR) is 78.3 cm³/mol. The van der Waals surface area contributed by atoms with Crippen LogP contribution in [0.25, 0.3) is 0 Å². The fraction of sp³-hybridized carbons (Fsp3) is 0.188. The van der Waals surface area contributed by atoms with E-state index in [1.807, 2.05) is 18.2 Å². The molecule has 0 saturated heterocycles. The van der Waals surface area contributed by atoms with Gasteiger partial charge in [0.05, 0.1) is 11.0 Å². The topological polar surface area (TPSA) is 55.5 Å². The average molecular weight is 266 g/mol. The molecule has 4 nitrogen and oxygen atoms in total. The number of nitro groups is 1. The third kappa shape index (κ3) is 2.74. The standard InChI is InChI=1S/C16H14N2O2/c19-18(20)14-8-6-12(7-9-14)11-17-16-10-15(16)13-4-2-1-3-5-13/h1-9,11,15-16H,10H2. The van der Waals surface area contributed by atoms with Crippen LogP contribution in [-0.2, 0) is 0 Å². The van der Waals surface area contributed by atoms with E-state index in [0.29, 0.717) is 12.0 Å². The molecule has 0 N–H and O–H groups in total. The summed E-state index contributed by atoms with van der Waals surface area (Å²) in [4.78, 5) is 14.7. The van der Waals surface area contributed by atoms with E-state index in [1.165, 1.54) is 17.7 Å². The Morgan fingerprint density at radius 1 is 1.10 bits per heavy atom. The van der Waals surface area contributed by atoms with Crippen LogP contribution in [0.15, 0.2) is 59.6 Å². The summed E-state index contributed by atoms with van der Waals surface area (Å²) in [5, 5.41) is 10.6. The van der Waals surface area contributed by atoms with Crippen LogP contribution in [0.5, 0.6) is 0 Å². The van der Waals surface area contributed by atoms with Gasteiger partial charge in [-0.3, -0.25) is 15.1 Å². The molecular formula is C16H14N2O2. The van der Waals surface area contributed by atoms with Crippen molar-refractivity contribution in [3.8, 4) is 0 Å². The number of hydrogen-bond donors (Lipinski definition) is 0. The lowest BCUT2D eigenvalue weighted by Gasteiger charge is -1.96. The van der Waals surface area contributed by atoms with Crippen molar-refractivity contribution in [2.24, 2.45) is 4.99 Å². The number of nitrogens with zero attached hydrogens (tertiary/aromatic N) is 2. The van der Waals surface area contributed by atoms with Crippen molar-refractivity contribution in [1.82, 2.24) is 0 Å². The number of aliphatic imine (C=N–C) groups is 1. The van der Waals surface area contributed by atoms with Crippen molar-refractivity contribution in [1.29, 1.82) is 0 Å². The van der Waals surface area contributed by atoms with Crippen LogP contribution >= 0.6 is 0 Å². The molecule has 2 aromatic carbocycles. The Morgan fingerprint density at radius 3 is 2.45 bits per heavy atom. The third-order valence-corrected chi connectivity index (χ3v) is 3.50. The Kier molecular flexibility index (Phi) is 3.29. The number of hydrogen-bond acceptors (Lipinski definition) is 3. The highest BCUT2D eigenvalue weighted by Crippen LogP contribution is 2.43. The highest BCUT2D eigenvalue weighted by molar-refractivity contribution is 5.80. The van der Waals surface area contributed by atoms with Crippen LogP contribution in [0, 0.1) is 10.1 Å². The zero-order chi connectivity index (χ0) is 13.9. The zero-order valence-corrected chi connectivity index (χ0v) is 10.8. The summed E-state index contributed by atoms with van der Waals surface area (Å²) in [7, 11) is 0. The maximum atomic E-state index is 10.6. The Bertz CT molecular complexity index is 635. The molecule has 0 spiro atoms. The molecule has 0 amide bonds. The van der Waals surface area contributed by atoms with Gasteiger partial charge >= 0.3 is 0 Å². The molecule has 0 aliphatic heterocycles. The summed E-state index contributed by atoms with van der Waals surface area (Å²) in [5.41, 5.74) is 2.34. The monoisotopic (exact) mass is 266 g/mol. The average Bonchev–Trinajstić information content (AvgIpc) is 3.26. The van der Waals surface area contributed by atoms with Crippen molar-refractivity contribution < 1.29 is 4.92 Å². The van der Waals surface area contributed by atoms with E-state index in [1.54, 1.807) is 18.3 Å². The summed E-state index contributed by atoms with van der Waals surface area (Å²) in [6.07, 6.45) is 2.88. The molecule has 100 valence electrons. The van der Waals surface area contributed by atoms with E-state index in [2.05, 4.69) is 17.1 Å². The van der Waals surface area contributed by atoms with Gasteiger partial charge in [-0.05, 0) is 29.7 Å². The normalized spacial score (nSPS) is 21.0. The lowest BCUT2D eigenvalue weighted by atomic mass is 10.1. The minimum Gasteiger partial charge on any atom is -0.289 e. The van der Waals surface area contributed by atoms with Gasteiger partial charge in [0.2, 0.25) is 0 Å². The number of nitro benzene ring substituents is 1. The minimum atomic E-state index is -0.396. The minimum absolute atomic E-state index is 0.107. The van der Waals surface area contributed by atoms with Crippen molar-refractivity contribution >= 4 is 11.9 Å². The lowest BCUT2D eigenvalue weighted by molar-refractivity contribution is -0.384. The molecule has 0 radical (unpaired) electrons. The molecule has 2 unspecified atom stereocenters. The molecule has 1 saturated carbocycles. The van der Waals surface area contributed by atoms with Crippen molar-refractivity contribution in [2.75, 3.05) is 0 Å². The smallest absolute Gasteiger partial charge is 0.269 e. The van der Waals surface area contributed by atoms with Crippen LogP contribution in [0.3, 0.4) is 0 Å². The molecule has 1 aliphatic carbocycles. The van der Waals surface area contributed by atoms with Gasteiger partial charge in [0.15, 0.2) is 0 Å². The second-order valence-corrected chi connectivity index (χ2v) is 4.95. The molecule has 20 heavy (non-hydrogen) atoms. The molecule has 2 aromatic rings. The van der Waals surface area contributed by atoms with E-state index in [0.717, 1.165) is 12.0 Å². The molecule has 2 atom stereocenters. The second kappa shape index (κ2) is 5.25. The van der Waals surface area contributed by atoms with Crippen LogP contribution in [-0.4, -0.2) is 17.2 Å². The first-order valence-corrected chi connectivity index (χ1v) is 6.56. The molecule has 3 rings (SSSR count). The second-order valence-electron chi connectivity index (χ2n) is 4.95. The maximum absolute atomic E-state index is 10.6. The molecule has 0 aromatic heterocycles. The van der Waals surface area contributed by atoms with Gasteiger partial charge in [0.1, 0.15) is 0 Å². The van der Waals surface area contributed by atoms with Crippen LogP contribution in [0.1, 0.15) is 23.5 Å². The van der Waals surface area contributed by atoms with Gasteiger partial charge < -0.3 is 0 Å². The van der Waals surface area contributed by atoms with E-state index >= 15 is 0 Å². The number of rotatable bonds is 4. The Balaban J connectivity index is 1.63. The first-order chi connectivity index (χ1) is 9.74. The molecule has 1 fully saturated rings. The van der Waals surface area contributed by atoms with E-state index in [4.69, 9.17) is 0 Å². The number of non-ortho nitro benzene ring substituents is 1. The van der Waals surface area contributed by atoms with Crippen LogP contribution in [0.2, 0.25) is 0 Å². The summed E-state index contributed by atoms with van der Waals surface area (Å²) in [6, 6.07) is 17.2. The zero-order valence-electron chi connectivity index (χ0n) is 10.8. The van der Waals surface area contributed by atoms with Crippen molar-refractivity contribution in [3.63, 3.8) is 0 Å². The molecule has 1 aliphatic rings. The van der Waals surface area contributed by atoms with E-state index in [-0.39, 0.29) is 5.69 Å². The fourth-order valence-electron chi connectivity index (χ4n) is 2.27. The highest BCUT2D eigenvalue weighted by atomic mass is 16.6. The van der Waals surface area contributed by atoms with Gasteiger partial charge in [0, 0.05) is 24.3 Å². The van der Waals surface area contributed by atoms with Gasteiger partial charge in [-0.2, -0.15) is 0 Å². The summed E-state index contributed by atoms with van der Waals surface area (Å²) >= 11 is 0. The first-order valence-electron chi connectivity index (χ1n) is 6.56. The van der Waals surface area contributed by atoms with Gasteiger partial charge in [-0.1, -0.05) is 30.3 Å². The SMILES string of the molecule is O=[N+]([O-])c1ccc(C=NC2CC2c2ccccc2)cc1. The van der Waals surface area contributed by atoms with Gasteiger partial charge in [0.25, 0.3) is 5.69 Å². The van der Waals surface area contributed by atoms with Gasteiger partial charge in [-0.25, -0.2) is 0 Å². The first kappa shape index (κ1) is 12.5. The van der Waals surface area contributed by atoms with Gasteiger partial charge in [-0.15, -0.1) is 0 Å². The van der Waals surface area contributed by atoms with Crippen molar-refractivity contribution in [3.05, 3.63) is 75.8 Å². The summed E-state index contributed by atoms with van der Waals surface area (Å²) in [5.74, 6) is 0.519. The van der Waals surface area contributed by atoms with Crippen LogP contribution < -0.4 is 0 Å². The Hall–Kier alpha value is -2.49. The Morgan fingerprint density at radius 2 is 1.80 bits per heavy atom. The number of benzene rings is 2. The van der Waals surface area contributed by atoms with E-state index in [9.17, 15) is 10.1 Å². The molecule has 4 heteroatoms. The maximum Gasteiger partial charge on any atom is 0.269 e. The fourth-order valence-corrected chi connectivity index (χ4v) is 2.27. The molecule has 0 heterocycles. The molecule has 0 bridgehead atoms. The largest absolute Gasteiger partial charge is 0.289 e. The van der Waals surface area contributed by atoms with Crippen molar-refractivity contribution in [2.45, 2.75) is 18.4 Å². The highest BCUT2D eigenvalue weighted by Gasteiger charge is 2.37. The summed E-state index contributed by atoms with van der Waals surface area (Å²) < 4.78 is 0. The lowest BCUT2D eigenvalue weighted by Crippen LogP contribution is -1.90. The van der Waals surface area contributed by atoms with Crippen LogP contribution in [0.4, 0.5) is 5.69 Å². The predicted octanol–water partition coefficient (Wildman–Crippen LogP) is 3.57. The quantitative estimate of drug-likeness (QED) is 0.482. The molecular weight excluding hydrogens is 252 g/mol.